The lowest BCUT2D eigenvalue weighted by Crippen LogP contribution is -2.45. The van der Waals surface area contributed by atoms with Crippen LogP contribution in [0.5, 0.6) is 0 Å². The van der Waals surface area contributed by atoms with Gasteiger partial charge in [-0.25, -0.2) is 0 Å². The van der Waals surface area contributed by atoms with Crippen molar-refractivity contribution in [2.24, 2.45) is 5.73 Å². The quantitative estimate of drug-likeness (QED) is 0.727. The fraction of sp³-hybridized carbons (Fsp3) is 1.00. The molecular weight excluding hydrogens is 187 g/mol. The number of hydrogen-bond acceptors (Lipinski definition) is 3. The van der Waals surface area contributed by atoms with Gasteiger partial charge < -0.3 is 15.2 Å². The third-order valence-electron chi connectivity index (χ3n) is 1.79. The molecule has 1 saturated heterocycles. The first kappa shape index (κ1) is 10.7. The van der Waals surface area contributed by atoms with E-state index in [0.717, 1.165) is 0 Å². The van der Waals surface area contributed by atoms with Gasteiger partial charge in [0.1, 0.15) is 6.61 Å². The van der Waals surface area contributed by atoms with Crippen LogP contribution in [0.1, 0.15) is 6.42 Å². The van der Waals surface area contributed by atoms with Crippen LogP contribution < -0.4 is 5.73 Å². The number of alkyl halides is 3. The molecule has 3 nitrogen and oxygen atoms in total. The van der Waals surface area contributed by atoms with E-state index in [1.54, 1.807) is 0 Å². The second kappa shape index (κ2) is 3.81. The van der Waals surface area contributed by atoms with E-state index in [9.17, 15) is 13.2 Å². The molecule has 0 aromatic heterocycles. The molecule has 0 spiro atoms. The highest BCUT2D eigenvalue weighted by Gasteiger charge is 2.33. The minimum Gasteiger partial charge on any atom is -0.379 e. The van der Waals surface area contributed by atoms with E-state index in [2.05, 4.69) is 4.74 Å². The van der Waals surface area contributed by atoms with Gasteiger partial charge in [0.2, 0.25) is 0 Å². The number of halogens is 3. The third kappa shape index (κ3) is 3.93. The monoisotopic (exact) mass is 199 g/mol. The average Bonchev–Trinajstić information content (AvgIpc) is 2.33. The molecule has 1 fully saturated rings. The van der Waals surface area contributed by atoms with Gasteiger partial charge in [-0.15, -0.1) is 0 Å². The van der Waals surface area contributed by atoms with Crippen LogP contribution in [0.3, 0.4) is 0 Å². The molecule has 0 bridgehead atoms. The third-order valence-corrected chi connectivity index (χ3v) is 1.79. The van der Waals surface area contributed by atoms with Crippen LogP contribution >= 0.6 is 0 Å². The molecule has 1 atom stereocenters. The Labute approximate surface area is 74.0 Å². The molecular formula is C7H12F3NO2. The lowest BCUT2D eigenvalue weighted by atomic mass is 10.0. The maximum atomic E-state index is 11.7. The summed E-state index contributed by atoms with van der Waals surface area (Å²) in [6, 6.07) is 0. The molecule has 1 aliphatic rings. The number of nitrogens with two attached hydrogens (primary N) is 1. The Morgan fingerprint density at radius 1 is 1.46 bits per heavy atom. The number of rotatable bonds is 3. The van der Waals surface area contributed by atoms with E-state index in [-0.39, 0.29) is 13.2 Å². The standard InChI is InChI=1S/C7H12F3NO2/c8-7(9,10)5-13-4-6(11)1-2-12-3-6/h1-5,11H2. The molecule has 1 unspecified atom stereocenters. The minimum absolute atomic E-state index is 0.105. The van der Waals surface area contributed by atoms with Crippen molar-refractivity contribution >= 4 is 0 Å². The van der Waals surface area contributed by atoms with E-state index in [0.29, 0.717) is 13.0 Å². The fourth-order valence-electron chi connectivity index (χ4n) is 1.11. The summed E-state index contributed by atoms with van der Waals surface area (Å²) in [4.78, 5) is 0. The molecule has 1 aliphatic heterocycles. The van der Waals surface area contributed by atoms with Gasteiger partial charge in [-0.2, -0.15) is 13.2 Å². The first-order chi connectivity index (χ1) is 5.91. The second-order valence-electron chi connectivity index (χ2n) is 3.27. The zero-order valence-electron chi connectivity index (χ0n) is 7.06. The number of ether oxygens (including phenoxy) is 2. The second-order valence-corrected chi connectivity index (χ2v) is 3.27. The predicted octanol–water partition coefficient (Wildman–Crippen LogP) is 0.683. The van der Waals surface area contributed by atoms with E-state index in [1.807, 2.05) is 0 Å². The Bertz CT molecular complexity index is 166. The SMILES string of the molecule is NC1(COCC(F)(F)F)CCOC1. The van der Waals surface area contributed by atoms with Crippen molar-refractivity contribution in [1.29, 1.82) is 0 Å². The van der Waals surface area contributed by atoms with Gasteiger partial charge >= 0.3 is 6.18 Å². The van der Waals surface area contributed by atoms with Crippen LogP contribution in [-0.2, 0) is 9.47 Å². The maximum Gasteiger partial charge on any atom is 0.411 e. The molecule has 0 saturated carbocycles. The lowest BCUT2D eigenvalue weighted by molar-refractivity contribution is -0.177. The van der Waals surface area contributed by atoms with Crippen molar-refractivity contribution in [1.82, 2.24) is 0 Å². The van der Waals surface area contributed by atoms with Gasteiger partial charge in [-0.05, 0) is 6.42 Å². The Morgan fingerprint density at radius 2 is 2.15 bits per heavy atom. The van der Waals surface area contributed by atoms with E-state index in [1.165, 1.54) is 0 Å². The van der Waals surface area contributed by atoms with Crippen molar-refractivity contribution < 1.29 is 22.6 Å². The van der Waals surface area contributed by atoms with Crippen LogP contribution in [-0.4, -0.2) is 38.1 Å². The molecule has 6 heteroatoms. The number of hydrogen-bond donors (Lipinski definition) is 1. The van der Waals surface area contributed by atoms with Crippen molar-refractivity contribution in [2.45, 2.75) is 18.1 Å². The Hall–Kier alpha value is -0.330. The summed E-state index contributed by atoms with van der Waals surface area (Å²) >= 11 is 0. The zero-order chi connectivity index (χ0) is 9.95. The molecule has 0 aliphatic carbocycles. The average molecular weight is 199 g/mol. The lowest BCUT2D eigenvalue weighted by Gasteiger charge is -2.21. The largest absolute Gasteiger partial charge is 0.411 e. The topological polar surface area (TPSA) is 44.5 Å². The molecule has 78 valence electrons. The molecule has 1 rings (SSSR count). The van der Waals surface area contributed by atoms with Crippen molar-refractivity contribution in [3.8, 4) is 0 Å². The van der Waals surface area contributed by atoms with Crippen LogP contribution in [0.25, 0.3) is 0 Å². The highest BCUT2D eigenvalue weighted by Crippen LogP contribution is 2.19. The summed E-state index contributed by atoms with van der Waals surface area (Å²) < 4.78 is 44.4. The van der Waals surface area contributed by atoms with Crippen LogP contribution in [0.15, 0.2) is 0 Å². The van der Waals surface area contributed by atoms with Gasteiger partial charge in [0, 0.05) is 6.61 Å². The molecule has 0 aromatic rings. The van der Waals surface area contributed by atoms with E-state index >= 15 is 0 Å². The molecule has 0 radical (unpaired) electrons. The van der Waals surface area contributed by atoms with Crippen molar-refractivity contribution in [3.63, 3.8) is 0 Å². The summed E-state index contributed by atoms with van der Waals surface area (Å²) in [6.45, 7) is -0.588. The summed E-state index contributed by atoms with van der Waals surface area (Å²) in [5.41, 5.74) is 4.94. The van der Waals surface area contributed by atoms with E-state index < -0.39 is 18.3 Å². The Morgan fingerprint density at radius 3 is 2.62 bits per heavy atom. The molecule has 0 amide bonds. The fourth-order valence-corrected chi connectivity index (χ4v) is 1.11. The normalized spacial score (nSPS) is 29.5. The van der Waals surface area contributed by atoms with Crippen LogP contribution in [0, 0.1) is 0 Å². The highest BCUT2D eigenvalue weighted by atomic mass is 19.4. The zero-order valence-corrected chi connectivity index (χ0v) is 7.06. The Balaban J connectivity index is 2.18. The van der Waals surface area contributed by atoms with Gasteiger partial charge in [-0.1, -0.05) is 0 Å². The van der Waals surface area contributed by atoms with Crippen LogP contribution in [0.4, 0.5) is 13.2 Å². The summed E-state index contributed by atoms with van der Waals surface area (Å²) in [7, 11) is 0. The predicted molar refractivity (Wildman–Crippen MR) is 39.2 cm³/mol. The smallest absolute Gasteiger partial charge is 0.379 e. The van der Waals surface area contributed by atoms with E-state index in [4.69, 9.17) is 10.5 Å². The molecule has 1 heterocycles. The Kier molecular flexibility index (Phi) is 3.15. The van der Waals surface area contributed by atoms with Crippen molar-refractivity contribution in [3.05, 3.63) is 0 Å². The summed E-state index contributed by atoms with van der Waals surface area (Å²) in [5.74, 6) is 0. The molecule has 0 aromatic carbocycles. The van der Waals surface area contributed by atoms with Crippen LogP contribution in [0.2, 0.25) is 0 Å². The molecule has 13 heavy (non-hydrogen) atoms. The first-order valence-corrected chi connectivity index (χ1v) is 3.92. The van der Waals surface area contributed by atoms with Gasteiger partial charge in [-0.3, -0.25) is 0 Å². The van der Waals surface area contributed by atoms with Gasteiger partial charge in [0.05, 0.1) is 18.8 Å². The maximum absolute atomic E-state index is 11.7. The summed E-state index contributed by atoms with van der Waals surface area (Å²) in [5, 5.41) is 0. The molecule has 2 N–H and O–H groups in total. The summed E-state index contributed by atoms with van der Waals surface area (Å²) in [6.07, 6.45) is -3.74. The minimum atomic E-state index is -4.28. The van der Waals surface area contributed by atoms with Gasteiger partial charge in [0.25, 0.3) is 0 Å². The highest BCUT2D eigenvalue weighted by molar-refractivity contribution is 4.87. The first-order valence-electron chi connectivity index (χ1n) is 3.92. The van der Waals surface area contributed by atoms with Crippen molar-refractivity contribution in [2.75, 3.05) is 26.4 Å². The van der Waals surface area contributed by atoms with Gasteiger partial charge in [0.15, 0.2) is 0 Å².